The smallest absolute Gasteiger partial charge is 0.222 e. The van der Waals surface area contributed by atoms with E-state index in [-0.39, 0.29) is 17.9 Å². The third kappa shape index (κ3) is 3.28. The maximum atomic E-state index is 11.3. The van der Waals surface area contributed by atoms with E-state index in [0.29, 0.717) is 6.54 Å². The number of primary amides is 1. The summed E-state index contributed by atoms with van der Waals surface area (Å²) < 4.78 is 1.01. The quantitative estimate of drug-likeness (QED) is 0.894. The Balaban J connectivity index is 2.18. The van der Waals surface area contributed by atoms with Crippen LogP contribution in [-0.2, 0) is 4.79 Å². The first-order valence-corrected chi connectivity index (χ1v) is 7.37. The average molecular weight is 326 g/mol. The Morgan fingerprint density at radius 3 is 2.84 bits per heavy atom. The van der Waals surface area contributed by atoms with E-state index in [1.54, 1.807) is 0 Å². The van der Waals surface area contributed by atoms with Crippen LogP contribution < -0.4 is 16.4 Å². The minimum absolute atomic E-state index is 0.00292. The minimum atomic E-state index is -0.198. The predicted molar refractivity (Wildman–Crippen MR) is 80.9 cm³/mol. The van der Waals surface area contributed by atoms with Crippen molar-refractivity contribution in [1.29, 1.82) is 0 Å². The number of nitrogens with two attached hydrogens (primary N) is 2. The molecule has 4 N–H and O–H groups in total. The van der Waals surface area contributed by atoms with Gasteiger partial charge in [0.15, 0.2) is 0 Å². The van der Waals surface area contributed by atoms with Crippen molar-refractivity contribution in [3.05, 3.63) is 28.2 Å². The van der Waals surface area contributed by atoms with Crippen LogP contribution in [0, 0.1) is 5.92 Å². The van der Waals surface area contributed by atoms with Gasteiger partial charge < -0.3 is 16.4 Å². The van der Waals surface area contributed by atoms with Gasteiger partial charge >= 0.3 is 0 Å². The summed E-state index contributed by atoms with van der Waals surface area (Å²) in [7, 11) is 0. The van der Waals surface area contributed by atoms with E-state index < -0.39 is 0 Å². The van der Waals surface area contributed by atoms with Crippen LogP contribution in [0.25, 0.3) is 0 Å². The number of hydrogen-bond donors (Lipinski definition) is 2. The van der Waals surface area contributed by atoms with Crippen molar-refractivity contribution in [2.75, 3.05) is 18.0 Å². The second-order valence-electron chi connectivity index (χ2n) is 5.18. The first kappa shape index (κ1) is 14.3. The van der Waals surface area contributed by atoms with Crippen molar-refractivity contribution in [2.24, 2.45) is 17.4 Å². The molecule has 1 aliphatic heterocycles. The first-order chi connectivity index (χ1) is 8.99. The van der Waals surface area contributed by atoms with E-state index in [9.17, 15) is 4.79 Å². The Labute approximate surface area is 122 Å². The highest BCUT2D eigenvalue weighted by Crippen LogP contribution is 2.29. The molecule has 2 atom stereocenters. The lowest BCUT2D eigenvalue weighted by molar-refractivity contribution is -0.122. The highest BCUT2D eigenvalue weighted by molar-refractivity contribution is 9.10. The standard InChI is InChI=1S/C14H20BrN3O/c1-9(16)12-5-4-11(7-13(12)15)18-6-2-3-10(8-18)14(17)19/h4-5,7,9-10H,2-3,6,8,16H2,1H3,(H2,17,19)/t9-,10?/m0/s1. The molecule has 0 aliphatic carbocycles. The van der Waals surface area contributed by atoms with Crippen molar-refractivity contribution >= 4 is 27.5 Å². The lowest BCUT2D eigenvalue weighted by Crippen LogP contribution is -2.41. The van der Waals surface area contributed by atoms with Crippen LogP contribution >= 0.6 is 15.9 Å². The molecule has 0 bridgehead atoms. The lowest BCUT2D eigenvalue weighted by Gasteiger charge is -2.33. The van der Waals surface area contributed by atoms with Gasteiger partial charge in [-0.2, -0.15) is 0 Å². The zero-order chi connectivity index (χ0) is 14.0. The van der Waals surface area contributed by atoms with Crippen LogP contribution in [0.15, 0.2) is 22.7 Å². The minimum Gasteiger partial charge on any atom is -0.371 e. The monoisotopic (exact) mass is 325 g/mol. The molecular weight excluding hydrogens is 306 g/mol. The topological polar surface area (TPSA) is 72.3 Å². The molecular formula is C14H20BrN3O. The summed E-state index contributed by atoms with van der Waals surface area (Å²) in [6, 6.07) is 6.18. The Kier molecular flexibility index (Phi) is 4.47. The molecule has 1 amide bonds. The van der Waals surface area contributed by atoms with Gasteiger partial charge in [-0.3, -0.25) is 4.79 Å². The van der Waals surface area contributed by atoms with Crippen LogP contribution in [0.4, 0.5) is 5.69 Å². The molecule has 19 heavy (non-hydrogen) atoms. The maximum absolute atomic E-state index is 11.3. The summed E-state index contributed by atoms with van der Waals surface area (Å²) in [5.74, 6) is -0.239. The molecule has 1 aromatic carbocycles. The van der Waals surface area contributed by atoms with Crippen LogP contribution in [0.3, 0.4) is 0 Å². The molecule has 4 nitrogen and oxygen atoms in total. The van der Waals surface area contributed by atoms with Crippen molar-refractivity contribution < 1.29 is 4.79 Å². The van der Waals surface area contributed by atoms with Gasteiger partial charge in [0.05, 0.1) is 5.92 Å². The van der Waals surface area contributed by atoms with Gasteiger partial charge in [0.25, 0.3) is 0 Å². The van der Waals surface area contributed by atoms with Crippen LogP contribution in [0.5, 0.6) is 0 Å². The average Bonchev–Trinajstić information content (AvgIpc) is 2.38. The van der Waals surface area contributed by atoms with Gasteiger partial charge in [0.2, 0.25) is 5.91 Å². The Morgan fingerprint density at radius 2 is 2.26 bits per heavy atom. The fourth-order valence-electron chi connectivity index (χ4n) is 2.53. The number of carbonyl (C=O) groups excluding carboxylic acids is 1. The van der Waals surface area contributed by atoms with Gasteiger partial charge in [-0.05, 0) is 37.5 Å². The molecule has 0 spiro atoms. The molecule has 1 aromatic rings. The zero-order valence-corrected chi connectivity index (χ0v) is 12.7. The van der Waals surface area contributed by atoms with E-state index >= 15 is 0 Å². The van der Waals surface area contributed by atoms with E-state index in [2.05, 4.69) is 33.0 Å². The second kappa shape index (κ2) is 5.92. The predicted octanol–water partition coefficient (Wildman–Crippen LogP) is 2.17. The van der Waals surface area contributed by atoms with Gasteiger partial charge in [-0.15, -0.1) is 0 Å². The van der Waals surface area contributed by atoms with Gasteiger partial charge in [-0.25, -0.2) is 0 Å². The van der Waals surface area contributed by atoms with E-state index in [1.165, 1.54) is 0 Å². The molecule has 1 unspecified atom stereocenters. The zero-order valence-electron chi connectivity index (χ0n) is 11.1. The maximum Gasteiger partial charge on any atom is 0.222 e. The van der Waals surface area contributed by atoms with E-state index in [4.69, 9.17) is 11.5 Å². The van der Waals surface area contributed by atoms with Gasteiger partial charge in [0, 0.05) is 29.3 Å². The van der Waals surface area contributed by atoms with Crippen molar-refractivity contribution in [3.8, 4) is 0 Å². The highest BCUT2D eigenvalue weighted by atomic mass is 79.9. The second-order valence-corrected chi connectivity index (χ2v) is 6.04. The number of amides is 1. The molecule has 0 aromatic heterocycles. The lowest BCUT2D eigenvalue weighted by atomic mass is 9.97. The Hall–Kier alpha value is -1.07. The molecule has 0 radical (unpaired) electrons. The summed E-state index contributed by atoms with van der Waals surface area (Å²) in [6.45, 7) is 3.64. The fraction of sp³-hybridized carbons (Fsp3) is 0.500. The van der Waals surface area contributed by atoms with E-state index in [1.807, 2.05) is 13.0 Å². The molecule has 1 saturated heterocycles. The van der Waals surface area contributed by atoms with Crippen molar-refractivity contribution in [1.82, 2.24) is 0 Å². The van der Waals surface area contributed by atoms with Crippen molar-refractivity contribution in [2.45, 2.75) is 25.8 Å². The number of benzene rings is 1. The largest absolute Gasteiger partial charge is 0.371 e. The summed E-state index contributed by atoms with van der Waals surface area (Å²) in [6.07, 6.45) is 1.89. The van der Waals surface area contributed by atoms with Crippen LogP contribution in [0.1, 0.15) is 31.4 Å². The number of hydrogen-bond acceptors (Lipinski definition) is 3. The summed E-state index contributed by atoms with van der Waals surface area (Å²) in [5.41, 5.74) is 13.5. The molecule has 104 valence electrons. The molecule has 5 heteroatoms. The third-order valence-electron chi connectivity index (χ3n) is 3.66. The van der Waals surface area contributed by atoms with Gasteiger partial charge in [-0.1, -0.05) is 22.0 Å². The fourth-order valence-corrected chi connectivity index (χ4v) is 3.25. The van der Waals surface area contributed by atoms with Crippen LogP contribution in [0.2, 0.25) is 0 Å². The summed E-state index contributed by atoms with van der Waals surface area (Å²) >= 11 is 3.56. The number of rotatable bonds is 3. The molecule has 1 aliphatic rings. The molecule has 1 heterocycles. The molecule has 1 fully saturated rings. The first-order valence-electron chi connectivity index (χ1n) is 6.58. The molecule has 0 saturated carbocycles. The normalized spacial score (nSPS) is 21.2. The number of halogens is 1. The Morgan fingerprint density at radius 1 is 1.53 bits per heavy atom. The van der Waals surface area contributed by atoms with Crippen molar-refractivity contribution in [3.63, 3.8) is 0 Å². The van der Waals surface area contributed by atoms with Crippen LogP contribution in [-0.4, -0.2) is 19.0 Å². The number of piperidine rings is 1. The summed E-state index contributed by atoms with van der Waals surface area (Å²) in [5, 5.41) is 0. The third-order valence-corrected chi connectivity index (χ3v) is 4.35. The Bertz CT molecular complexity index is 476. The summed E-state index contributed by atoms with van der Waals surface area (Å²) in [4.78, 5) is 13.5. The van der Waals surface area contributed by atoms with E-state index in [0.717, 1.165) is 35.1 Å². The molecule has 2 rings (SSSR count). The van der Waals surface area contributed by atoms with Gasteiger partial charge in [0.1, 0.15) is 0 Å². The number of nitrogens with zero attached hydrogens (tertiary/aromatic N) is 1. The number of carbonyl (C=O) groups is 1. The SMILES string of the molecule is C[C@H](N)c1ccc(N2CCCC(C(N)=O)C2)cc1Br. The highest BCUT2D eigenvalue weighted by Gasteiger charge is 2.24. The number of anilines is 1.